The Kier molecular flexibility index (Phi) is 6.58. The summed E-state index contributed by atoms with van der Waals surface area (Å²) in [6.07, 6.45) is 1.80. The molecule has 3 N–H and O–H groups in total. The van der Waals surface area contributed by atoms with Crippen LogP contribution in [0.1, 0.15) is 26.7 Å². The second kappa shape index (κ2) is 7.44. The summed E-state index contributed by atoms with van der Waals surface area (Å²) in [4.78, 5) is 33.3. The van der Waals surface area contributed by atoms with Gasteiger partial charge in [0.25, 0.3) is 0 Å². The lowest BCUT2D eigenvalue weighted by Gasteiger charge is -2.05. The molecule has 0 unspecified atom stereocenters. The first-order valence-corrected chi connectivity index (χ1v) is 4.99. The van der Waals surface area contributed by atoms with Gasteiger partial charge in [-0.3, -0.25) is 4.79 Å². The minimum Gasteiger partial charge on any atom is -0.462 e. The second-order valence-corrected chi connectivity index (χ2v) is 2.96. The van der Waals surface area contributed by atoms with Crippen molar-refractivity contribution in [2.75, 3.05) is 6.61 Å². The van der Waals surface area contributed by atoms with Crippen LogP contribution >= 0.6 is 0 Å². The average molecular weight is 228 g/mol. The zero-order valence-corrected chi connectivity index (χ0v) is 9.41. The summed E-state index contributed by atoms with van der Waals surface area (Å²) < 4.78 is 4.68. The fraction of sp³-hybridized carbons (Fsp3) is 0.500. The molecular weight excluding hydrogens is 212 g/mol. The Hall–Kier alpha value is -1.85. The molecule has 0 saturated heterocycles. The number of ketones is 1. The van der Waals surface area contributed by atoms with Gasteiger partial charge in [-0.25, -0.2) is 9.59 Å². The third kappa shape index (κ3) is 5.14. The number of nitrogens with one attached hydrogen (secondary N) is 1. The molecule has 16 heavy (non-hydrogen) atoms. The van der Waals surface area contributed by atoms with Crippen LogP contribution in [0.3, 0.4) is 0 Å². The lowest BCUT2D eigenvalue weighted by molar-refractivity contribution is -0.140. The minimum absolute atomic E-state index is 0.159. The van der Waals surface area contributed by atoms with Crippen LogP contribution in [0.25, 0.3) is 0 Å². The van der Waals surface area contributed by atoms with Gasteiger partial charge in [-0.05, 0) is 13.3 Å². The second-order valence-electron chi connectivity index (χ2n) is 2.96. The molecule has 6 heteroatoms. The molecule has 6 nitrogen and oxygen atoms in total. The molecule has 0 atom stereocenters. The molecule has 0 fully saturated rings. The highest BCUT2D eigenvalue weighted by Gasteiger charge is 2.18. The zero-order valence-electron chi connectivity index (χ0n) is 9.41. The number of ether oxygens (including phenoxy) is 1. The Bertz CT molecular complexity index is 290. The molecule has 0 aromatic rings. The van der Waals surface area contributed by atoms with E-state index in [-0.39, 0.29) is 24.4 Å². The Morgan fingerprint density at radius 2 is 1.94 bits per heavy atom. The third-order valence-electron chi connectivity index (χ3n) is 1.63. The number of hydrogen-bond donors (Lipinski definition) is 2. The monoisotopic (exact) mass is 228 g/mol. The number of Topliss-reactive ketones (excluding diaryl/α,β-unsaturated/α-hetero) is 1. The first kappa shape index (κ1) is 14.2. The Morgan fingerprint density at radius 3 is 2.38 bits per heavy atom. The lowest BCUT2D eigenvalue weighted by atomic mass is 10.1. The maximum absolute atomic E-state index is 11.5. The van der Waals surface area contributed by atoms with Crippen LogP contribution in [0.15, 0.2) is 11.8 Å². The molecule has 0 heterocycles. The molecule has 0 spiro atoms. The van der Waals surface area contributed by atoms with E-state index in [1.165, 1.54) is 0 Å². The SMILES string of the molecule is CCCC(=O)C(=CNC(N)=O)C(=O)OCC. The van der Waals surface area contributed by atoms with E-state index in [9.17, 15) is 14.4 Å². The van der Waals surface area contributed by atoms with Gasteiger partial charge >= 0.3 is 12.0 Å². The fourth-order valence-corrected chi connectivity index (χ4v) is 0.967. The van der Waals surface area contributed by atoms with Gasteiger partial charge in [-0.15, -0.1) is 0 Å². The van der Waals surface area contributed by atoms with Gasteiger partial charge < -0.3 is 15.8 Å². The van der Waals surface area contributed by atoms with E-state index < -0.39 is 12.0 Å². The lowest BCUT2D eigenvalue weighted by Crippen LogP contribution is -2.27. The molecule has 0 bridgehead atoms. The molecule has 0 aliphatic rings. The van der Waals surface area contributed by atoms with E-state index in [2.05, 4.69) is 10.1 Å². The summed E-state index contributed by atoms with van der Waals surface area (Å²) in [6.45, 7) is 3.59. The van der Waals surface area contributed by atoms with Crippen LogP contribution < -0.4 is 11.1 Å². The molecule has 0 aliphatic carbocycles. The number of carbonyl (C=O) groups is 3. The van der Waals surface area contributed by atoms with E-state index in [1.54, 1.807) is 6.92 Å². The van der Waals surface area contributed by atoms with Gasteiger partial charge in [0.15, 0.2) is 5.78 Å². The maximum atomic E-state index is 11.5. The van der Waals surface area contributed by atoms with Crippen molar-refractivity contribution in [1.82, 2.24) is 5.32 Å². The molecule has 0 aromatic carbocycles. The van der Waals surface area contributed by atoms with Crippen molar-refractivity contribution >= 4 is 17.8 Å². The molecular formula is C10H16N2O4. The van der Waals surface area contributed by atoms with E-state index >= 15 is 0 Å². The Morgan fingerprint density at radius 1 is 1.31 bits per heavy atom. The minimum atomic E-state index is -0.842. The number of amides is 2. The summed E-state index contributed by atoms with van der Waals surface area (Å²) >= 11 is 0. The van der Waals surface area contributed by atoms with Crippen molar-refractivity contribution in [1.29, 1.82) is 0 Å². The highest BCUT2D eigenvalue weighted by molar-refractivity contribution is 6.17. The number of hydrogen-bond acceptors (Lipinski definition) is 4. The number of nitrogens with two attached hydrogens (primary N) is 1. The van der Waals surface area contributed by atoms with Crippen LogP contribution in [0.4, 0.5) is 4.79 Å². The van der Waals surface area contributed by atoms with E-state index in [0.29, 0.717) is 6.42 Å². The maximum Gasteiger partial charge on any atom is 0.343 e. The smallest absolute Gasteiger partial charge is 0.343 e. The van der Waals surface area contributed by atoms with Gasteiger partial charge in [0.2, 0.25) is 0 Å². The van der Waals surface area contributed by atoms with Crippen molar-refractivity contribution in [3.63, 3.8) is 0 Å². The Labute approximate surface area is 93.8 Å². The number of rotatable bonds is 6. The predicted octanol–water partition coefficient (Wildman–Crippen LogP) is 0.471. The van der Waals surface area contributed by atoms with Crippen LogP contribution in [-0.4, -0.2) is 24.4 Å². The third-order valence-corrected chi connectivity index (χ3v) is 1.63. The standard InChI is InChI=1S/C10H16N2O4/c1-3-5-8(13)7(6-12-10(11)15)9(14)16-4-2/h6H,3-5H2,1-2H3,(H3,11,12,15). The normalized spacial score (nSPS) is 10.8. The van der Waals surface area contributed by atoms with E-state index in [4.69, 9.17) is 5.73 Å². The molecule has 90 valence electrons. The average Bonchev–Trinajstić information content (AvgIpc) is 2.18. The van der Waals surface area contributed by atoms with E-state index in [0.717, 1.165) is 6.20 Å². The molecule has 0 radical (unpaired) electrons. The van der Waals surface area contributed by atoms with Crippen LogP contribution in [-0.2, 0) is 14.3 Å². The van der Waals surface area contributed by atoms with Gasteiger partial charge in [0.05, 0.1) is 6.61 Å². The number of primary amides is 1. The van der Waals surface area contributed by atoms with Crippen molar-refractivity contribution in [2.45, 2.75) is 26.7 Å². The number of carbonyl (C=O) groups excluding carboxylic acids is 3. The van der Waals surface area contributed by atoms with Crippen molar-refractivity contribution in [3.8, 4) is 0 Å². The topological polar surface area (TPSA) is 98.5 Å². The van der Waals surface area contributed by atoms with Crippen molar-refractivity contribution in [2.24, 2.45) is 5.73 Å². The first-order valence-electron chi connectivity index (χ1n) is 4.99. The number of esters is 1. The fourth-order valence-electron chi connectivity index (χ4n) is 0.967. The van der Waals surface area contributed by atoms with Crippen LogP contribution in [0.2, 0.25) is 0 Å². The summed E-state index contributed by atoms with van der Waals surface area (Å²) in [5, 5.41) is 2.08. The molecule has 0 aliphatic heterocycles. The van der Waals surface area contributed by atoms with Gasteiger partial charge in [-0.1, -0.05) is 6.92 Å². The highest BCUT2D eigenvalue weighted by Crippen LogP contribution is 2.04. The van der Waals surface area contributed by atoms with Crippen molar-refractivity contribution < 1.29 is 19.1 Å². The van der Waals surface area contributed by atoms with Crippen molar-refractivity contribution in [3.05, 3.63) is 11.8 Å². The molecule has 2 amide bonds. The van der Waals surface area contributed by atoms with E-state index in [1.807, 2.05) is 6.92 Å². The molecule has 0 aromatic heterocycles. The Balaban J connectivity index is 4.74. The summed E-state index contributed by atoms with van der Waals surface area (Å²) in [5.41, 5.74) is 4.64. The largest absolute Gasteiger partial charge is 0.462 e. The predicted molar refractivity (Wildman–Crippen MR) is 57.4 cm³/mol. The summed E-state index contributed by atoms with van der Waals surface area (Å²) in [5.74, 6) is -1.13. The summed E-state index contributed by atoms with van der Waals surface area (Å²) in [6, 6.07) is -0.842. The van der Waals surface area contributed by atoms with Crippen LogP contribution in [0, 0.1) is 0 Å². The zero-order chi connectivity index (χ0) is 12.6. The highest BCUT2D eigenvalue weighted by atomic mass is 16.5. The van der Waals surface area contributed by atoms with Gasteiger partial charge in [0.1, 0.15) is 5.57 Å². The first-order chi connectivity index (χ1) is 7.52. The molecule has 0 saturated carbocycles. The van der Waals surface area contributed by atoms with Crippen LogP contribution in [0.5, 0.6) is 0 Å². The quantitative estimate of drug-likeness (QED) is 0.299. The summed E-state index contributed by atoms with van der Waals surface area (Å²) in [7, 11) is 0. The van der Waals surface area contributed by atoms with Gasteiger partial charge in [-0.2, -0.15) is 0 Å². The molecule has 0 rings (SSSR count). The van der Waals surface area contributed by atoms with Gasteiger partial charge in [0, 0.05) is 12.6 Å². The number of urea groups is 1.